The molecule has 92 valence electrons. The number of pyridine rings is 1. The van der Waals surface area contributed by atoms with E-state index in [-0.39, 0.29) is 5.56 Å². The summed E-state index contributed by atoms with van der Waals surface area (Å²) in [5.41, 5.74) is 1.23. The molecule has 0 radical (unpaired) electrons. The summed E-state index contributed by atoms with van der Waals surface area (Å²) in [5, 5.41) is 9.22. The molecule has 5 heteroatoms. The smallest absolute Gasteiger partial charge is 0.339 e. The minimum absolute atomic E-state index is 0.284. The van der Waals surface area contributed by atoms with Crippen LogP contribution in [0.4, 0.5) is 5.82 Å². The quantitative estimate of drug-likeness (QED) is 0.853. The number of anilines is 1. The molecule has 0 unspecified atom stereocenters. The van der Waals surface area contributed by atoms with Crippen molar-refractivity contribution in [2.45, 2.75) is 13.3 Å². The summed E-state index contributed by atoms with van der Waals surface area (Å²) in [5.74, 6) is -0.368. The molecule has 1 fully saturated rings. The van der Waals surface area contributed by atoms with E-state index in [4.69, 9.17) is 4.74 Å². The molecule has 0 saturated carbocycles. The maximum atomic E-state index is 11.2. The number of aryl methyl sites for hydroxylation is 1. The Morgan fingerprint density at radius 3 is 2.82 bits per heavy atom. The van der Waals surface area contributed by atoms with Gasteiger partial charge in [-0.2, -0.15) is 0 Å². The summed E-state index contributed by atoms with van der Waals surface area (Å²) >= 11 is 0. The van der Waals surface area contributed by atoms with Gasteiger partial charge in [0.1, 0.15) is 11.4 Å². The average Bonchev–Trinajstić information content (AvgIpc) is 2.39. The van der Waals surface area contributed by atoms with Gasteiger partial charge in [0.2, 0.25) is 0 Å². The van der Waals surface area contributed by atoms with Crippen LogP contribution < -0.4 is 4.90 Å². The van der Waals surface area contributed by atoms with Crippen LogP contribution in [0.1, 0.15) is 22.8 Å². The van der Waals surface area contributed by atoms with Crippen molar-refractivity contribution in [2.75, 3.05) is 31.2 Å². The predicted octanol–water partition coefficient (Wildman–Crippen LogP) is 1.18. The van der Waals surface area contributed by atoms with Crippen LogP contribution in [0.2, 0.25) is 0 Å². The van der Waals surface area contributed by atoms with Gasteiger partial charge in [0, 0.05) is 19.3 Å². The van der Waals surface area contributed by atoms with E-state index in [0.717, 1.165) is 12.0 Å². The highest BCUT2D eigenvalue weighted by atomic mass is 16.5. The highest BCUT2D eigenvalue weighted by molar-refractivity contribution is 5.93. The summed E-state index contributed by atoms with van der Waals surface area (Å²) in [6.07, 6.45) is 2.54. The molecule has 0 atom stereocenters. The lowest BCUT2D eigenvalue weighted by Crippen LogP contribution is -2.37. The first kappa shape index (κ1) is 11.9. The van der Waals surface area contributed by atoms with Gasteiger partial charge in [-0.05, 0) is 18.1 Å². The van der Waals surface area contributed by atoms with Crippen LogP contribution in [0.15, 0.2) is 12.3 Å². The second kappa shape index (κ2) is 5.14. The highest BCUT2D eigenvalue weighted by Crippen LogP contribution is 2.20. The van der Waals surface area contributed by atoms with Crippen LogP contribution in [0.5, 0.6) is 0 Å². The van der Waals surface area contributed by atoms with Crippen molar-refractivity contribution in [3.8, 4) is 0 Å². The SMILES string of the molecule is CCc1cnc(N2CCOCC2)c(C(=O)O)c1. The van der Waals surface area contributed by atoms with E-state index < -0.39 is 5.97 Å². The minimum Gasteiger partial charge on any atom is -0.478 e. The zero-order chi connectivity index (χ0) is 12.3. The molecule has 5 nitrogen and oxygen atoms in total. The maximum Gasteiger partial charge on any atom is 0.339 e. The number of carboxylic acids is 1. The zero-order valence-electron chi connectivity index (χ0n) is 9.85. The Bertz CT molecular complexity index is 414. The molecule has 1 aliphatic rings. The zero-order valence-corrected chi connectivity index (χ0v) is 9.85. The maximum absolute atomic E-state index is 11.2. The number of hydrogen-bond donors (Lipinski definition) is 1. The summed E-state index contributed by atoms with van der Waals surface area (Å²) in [4.78, 5) is 17.5. The molecule has 2 rings (SSSR count). The van der Waals surface area contributed by atoms with Crippen LogP contribution in [-0.4, -0.2) is 42.4 Å². The van der Waals surface area contributed by atoms with Gasteiger partial charge in [0.25, 0.3) is 0 Å². The van der Waals surface area contributed by atoms with Crippen molar-refractivity contribution >= 4 is 11.8 Å². The molecule has 1 saturated heterocycles. The van der Waals surface area contributed by atoms with Crippen LogP contribution in [0, 0.1) is 0 Å². The molecule has 0 spiro atoms. The van der Waals surface area contributed by atoms with E-state index >= 15 is 0 Å². The normalized spacial score (nSPS) is 15.9. The molecule has 2 heterocycles. The van der Waals surface area contributed by atoms with E-state index in [1.165, 1.54) is 0 Å². The van der Waals surface area contributed by atoms with Crippen molar-refractivity contribution < 1.29 is 14.6 Å². The van der Waals surface area contributed by atoms with Crippen LogP contribution in [0.3, 0.4) is 0 Å². The van der Waals surface area contributed by atoms with Crippen LogP contribution in [0.25, 0.3) is 0 Å². The van der Waals surface area contributed by atoms with Crippen LogP contribution in [-0.2, 0) is 11.2 Å². The molecule has 17 heavy (non-hydrogen) atoms. The number of nitrogens with zero attached hydrogens (tertiary/aromatic N) is 2. The van der Waals surface area contributed by atoms with Gasteiger partial charge in [-0.15, -0.1) is 0 Å². The van der Waals surface area contributed by atoms with Gasteiger partial charge in [-0.1, -0.05) is 6.92 Å². The topological polar surface area (TPSA) is 62.7 Å². The van der Waals surface area contributed by atoms with Gasteiger partial charge in [-0.3, -0.25) is 0 Å². The molecule has 0 aliphatic carbocycles. The molecule has 0 bridgehead atoms. The number of aromatic nitrogens is 1. The summed E-state index contributed by atoms with van der Waals surface area (Å²) in [6.45, 7) is 4.61. The molecule has 0 aromatic carbocycles. The Kier molecular flexibility index (Phi) is 3.58. The first-order valence-corrected chi connectivity index (χ1v) is 5.77. The molecular formula is C12H16N2O3. The van der Waals surface area contributed by atoms with Gasteiger partial charge >= 0.3 is 5.97 Å². The first-order chi connectivity index (χ1) is 8.22. The fourth-order valence-electron chi connectivity index (χ4n) is 1.88. The summed E-state index contributed by atoms with van der Waals surface area (Å²) in [6, 6.07) is 1.71. The van der Waals surface area contributed by atoms with E-state index in [0.29, 0.717) is 32.1 Å². The fraction of sp³-hybridized carbons (Fsp3) is 0.500. The third-order valence-corrected chi connectivity index (χ3v) is 2.87. The van der Waals surface area contributed by atoms with E-state index in [1.54, 1.807) is 12.3 Å². The third kappa shape index (κ3) is 2.55. The Balaban J connectivity index is 2.34. The van der Waals surface area contributed by atoms with Gasteiger partial charge < -0.3 is 14.7 Å². The molecule has 1 N–H and O–H groups in total. The first-order valence-electron chi connectivity index (χ1n) is 5.77. The lowest BCUT2D eigenvalue weighted by molar-refractivity contribution is 0.0695. The molecule has 0 amide bonds. The number of rotatable bonds is 3. The minimum atomic E-state index is -0.922. The van der Waals surface area contributed by atoms with Gasteiger partial charge in [0.15, 0.2) is 0 Å². The Hall–Kier alpha value is -1.62. The number of morpholine rings is 1. The number of ether oxygens (including phenoxy) is 1. The standard InChI is InChI=1S/C12H16N2O3/c1-2-9-7-10(12(15)16)11(13-8-9)14-3-5-17-6-4-14/h7-8H,2-6H2,1H3,(H,15,16). The Morgan fingerprint density at radius 2 is 2.24 bits per heavy atom. The lowest BCUT2D eigenvalue weighted by atomic mass is 10.1. The highest BCUT2D eigenvalue weighted by Gasteiger charge is 2.20. The van der Waals surface area contributed by atoms with Crippen molar-refractivity contribution in [2.24, 2.45) is 0 Å². The number of carboxylic acid groups (broad SMARTS) is 1. The number of carbonyl (C=O) groups is 1. The van der Waals surface area contributed by atoms with Gasteiger partial charge in [-0.25, -0.2) is 9.78 Å². The Labute approximate surface area is 100 Å². The summed E-state index contributed by atoms with van der Waals surface area (Å²) in [7, 11) is 0. The third-order valence-electron chi connectivity index (χ3n) is 2.87. The fourth-order valence-corrected chi connectivity index (χ4v) is 1.88. The van der Waals surface area contributed by atoms with Crippen molar-refractivity contribution in [1.82, 2.24) is 4.98 Å². The summed E-state index contributed by atoms with van der Waals surface area (Å²) < 4.78 is 5.25. The Morgan fingerprint density at radius 1 is 1.53 bits per heavy atom. The van der Waals surface area contributed by atoms with E-state index in [2.05, 4.69) is 4.98 Å². The molecule has 1 aromatic rings. The number of hydrogen-bond acceptors (Lipinski definition) is 4. The second-order valence-corrected chi connectivity index (χ2v) is 3.97. The average molecular weight is 236 g/mol. The van der Waals surface area contributed by atoms with Crippen molar-refractivity contribution in [3.63, 3.8) is 0 Å². The molecule has 1 aliphatic heterocycles. The predicted molar refractivity (Wildman–Crippen MR) is 63.6 cm³/mol. The monoisotopic (exact) mass is 236 g/mol. The molecular weight excluding hydrogens is 220 g/mol. The van der Waals surface area contributed by atoms with E-state index in [9.17, 15) is 9.90 Å². The van der Waals surface area contributed by atoms with Gasteiger partial charge in [0.05, 0.1) is 13.2 Å². The van der Waals surface area contributed by atoms with Crippen LogP contribution >= 0.6 is 0 Å². The van der Waals surface area contributed by atoms with Crippen molar-refractivity contribution in [1.29, 1.82) is 0 Å². The second-order valence-electron chi connectivity index (χ2n) is 3.97. The largest absolute Gasteiger partial charge is 0.478 e. The van der Waals surface area contributed by atoms with Crippen molar-refractivity contribution in [3.05, 3.63) is 23.4 Å². The lowest BCUT2D eigenvalue weighted by Gasteiger charge is -2.28. The molecule has 1 aromatic heterocycles. The van der Waals surface area contributed by atoms with E-state index in [1.807, 2.05) is 11.8 Å². The number of aromatic carboxylic acids is 1.